The van der Waals surface area contributed by atoms with Gasteiger partial charge in [0, 0.05) is 12.1 Å². The molecule has 0 aromatic carbocycles. The minimum atomic E-state index is -0.427. The summed E-state index contributed by atoms with van der Waals surface area (Å²) < 4.78 is 0. The van der Waals surface area contributed by atoms with Crippen LogP contribution in [0.2, 0.25) is 0 Å². The third kappa shape index (κ3) is 1.56. The molecule has 0 aromatic heterocycles. The summed E-state index contributed by atoms with van der Waals surface area (Å²) in [6.07, 6.45) is 1.33. The van der Waals surface area contributed by atoms with E-state index in [1.165, 1.54) is 0 Å². The molecule has 1 amide bonds. The van der Waals surface area contributed by atoms with Gasteiger partial charge in [0.1, 0.15) is 12.6 Å². The number of Topliss-reactive ketones (excluding diaryl/α,β-unsaturated/α-hetero) is 1. The summed E-state index contributed by atoms with van der Waals surface area (Å²) in [6.45, 7) is 4.29. The van der Waals surface area contributed by atoms with E-state index in [9.17, 15) is 9.59 Å². The van der Waals surface area contributed by atoms with Crippen LogP contribution in [0, 0.1) is 5.41 Å². The number of rotatable bonds is 0. The number of hydrogen-bond acceptors (Lipinski definition) is 3. The van der Waals surface area contributed by atoms with Crippen LogP contribution in [0.3, 0.4) is 0 Å². The van der Waals surface area contributed by atoms with Crippen LogP contribution >= 0.6 is 0 Å². The molecule has 0 spiro atoms. The third-order valence-electron chi connectivity index (χ3n) is 2.70. The Morgan fingerprint density at radius 2 is 2.07 bits per heavy atom. The second-order valence-corrected chi connectivity index (χ2v) is 4.79. The first kappa shape index (κ1) is 9.37. The Hall–Kier alpha value is -1.19. The van der Waals surface area contributed by atoms with Gasteiger partial charge in [-0.05, 0) is 11.8 Å². The predicted molar refractivity (Wildman–Crippen MR) is 52.3 cm³/mol. The van der Waals surface area contributed by atoms with E-state index in [-0.39, 0.29) is 23.7 Å². The molecule has 14 heavy (non-hydrogen) atoms. The smallest absolute Gasteiger partial charge is 0.242 e. The van der Waals surface area contributed by atoms with Crippen molar-refractivity contribution >= 4 is 17.4 Å². The fourth-order valence-electron chi connectivity index (χ4n) is 2.11. The van der Waals surface area contributed by atoms with E-state index in [0.29, 0.717) is 6.42 Å². The van der Waals surface area contributed by atoms with Gasteiger partial charge >= 0.3 is 0 Å². The second-order valence-electron chi connectivity index (χ2n) is 4.79. The molecule has 1 atom stereocenters. The summed E-state index contributed by atoms with van der Waals surface area (Å²) in [5.74, 6) is -0.0557. The Morgan fingerprint density at radius 1 is 1.36 bits per heavy atom. The van der Waals surface area contributed by atoms with Crippen LogP contribution in [0.25, 0.3) is 0 Å². The van der Waals surface area contributed by atoms with Crippen molar-refractivity contribution < 1.29 is 9.59 Å². The number of nitrogens with one attached hydrogen (secondary N) is 1. The molecule has 1 aliphatic heterocycles. The van der Waals surface area contributed by atoms with Crippen molar-refractivity contribution in [1.29, 1.82) is 0 Å². The first-order valence-electron chi connectivity index (χ1n) is 4.83. The molecular formula is C10H14N2O2. The third-order valence-corrected chi connectivity index (χ3v) is 2.70. The lowest BCUT2D eigenvalue weighted by Crippen LogP contribution is -2.55. The summed E-state index contributed by atoms with van der Waals surface area (Å²) in [6, 6.07) is -0.427. The molecular weight excluding hydrogens is 180 g/mol. The first-order chi connectivity index (χ1) is 6.48. The summed E-state index contributed by atoms with van der Waals surface area (Å²) in [7, 11) is 0. The Bertz CT molecular complexity index is 331. The van der Waals surface area contributed by atoms with Gasteiger partial charge in [0.25, 0.3) is 0 Å². The number of carbonyl (C=O) groups excluding carboxylic acids is 2. The predicted octanol–water partition coefficient (Wildman–Crippen LogP) is 0.315. The number of ketones is 1. The number of fused-ring (bicyclic) bond motifs is 1. The normalized spacial score (nSPS) is 30.4. The highest BCUT2D eigenvalue weighted by Gasteiger charge is 2.40. The van der Waals surface area contributed by atoms with Crippen LogP contribution < -0.4 is 5.32 Å². The molecule has 4 nitrogen and oxygen atoms in total. The maximum Gasteiger partial charge on any atom is 0.242 e. The van der Waals surface area contributed by atoms with E-state index in [1.54, 1.807) is 0 Å². The average Bonchev–Trinajstić information content (AvgIpc) is 2.05. The highest BCUT2D eigenvalue weighted by molar-refractivity contribution is 6.15. The van der Waals surface area contributed by atoms with Crippen LogP contribution in [0.1, 0.15) is 26.7 Å². The largest absolute Gasteiger partial charge is 0.340 e. The van der Waals surface area contributed by atoms with Crippen molar-refractivity contribution in [1.82, 2.24) is 5.32 Å². The molecule has 1 fully saturated rings. The molecule has 4 heteroatoms. The molecule has 1 heterocycles. The van der Waals surface area contributed by atoms with Gasteiger partial charge in [0.05, 0.1) is 0 Å². The Labute approximate surface area is 82.8 Å². The molecule has 0 saturated heterocycles. The van der Waals surface area contributed by atoms with Crippen LogP contribution in [0.4, 0.5) is 0 Å². The van der Waals surface area contributed by atoms with Gasteiger partial charge in [0.15, 0.2) is 5.78 Å². The zero-order valence-electron chi connectivity index (χ0n) is 8.46. The van der Waals surface area contributed by atoms with E-state index in [0.717, 1.165) is 12.1 Å². The SMILES string of the molecule is CC1(C)CC(=O)C2NC(=O)CN=C2C1. The molecule has 0 bridgehead atoms. The van der Waals surface area contributed by atoms with Gasteiger partial charge in [-0.3, -0.25) is 14.6 Å². The zero-order chi connectivity index (χ0) is 10.3. The van der Waals surface area contributed by atoms with E-state index < -0.39 is 6.04 Å². The van der Waals surface area contributed by atoms with E-state index in [4.69, 9.17) is 0 Å². The van der Waals surface area contributed by atoms with Gasteiger partial charge < -0.3 is 5.32 Å². The van der Waals surface area contributed by atoms with E-state index in [1.807, 2.05) is 0 Å². The maximum atomic E-state index is 11.7. The first-order valence-corrected chi connectivity index (χ1v) is 4.83. The van der Waals surface area contributed by atoms with Crippen LogP contribution in [0.5, 0.6) is 0 Å². The van der Waals surface area contributed by atoms with Gasteiger partial charge in [0.2, 0.25) is 5.91 Å². The molecule has 76 valence electrons. The molecule has 1 N–H and O–H groups in total. The number of nitrogens with zero attached hydrogens (tertiary/aromatic N) is 1. The van der Waals surface area contributed by atoms with Crippen molar-refractivity contribution in [2.24, 2.45) is 10.4 Å². The van der Waals surface area contributed by atoms with E-state index >= 15 is 0 Å². The fraction of sp³-hybridized carbons (Fsp3) is 0.700. The zero-order valence-corrected chi connectivity index (χ0v) is 8.46. The average molecular weight is 194 g/mol. The van der Waals surface area contributed by atoms with Crippen LogP contribution in [0.15, 0.2) is 4.99 Å². The van der Waals surface area contributed by atoms with Crippen LogP contribution in [-0.2, 0) is 9.59 Å². The number of hydrogen-bond donors (Lipinski definition) is 1. The second kappa shape index (κ2) is 2.90. The molecule has 2 rings (SSSR count). The molecule has 2 aliphatic rings. The number of amides is 1. The summed E-state index contributed by atoms with van der Waals surface area (Å²) in [4.78, 5) is 26.9. The van der Waals surface area contributed by atoms with Crippen molar-refractivity contribution in [3.05, 3.63) is 0 Å². The Morgan fingerprint density at radius 3 is 2.79 bits per heavy atom. The summed E-state index contributed by atoms with van der Waals surface area (Å²) >= 11 is 0. The fourth-order valence-corrected chi connectivity index (χ4v) is 2.11. The lowest BCUT2D eigenvalue weighted by molar-refractivity contribution is -0.127. The van der Waals surface area contributed by atoms with Gasteiger partial charge in [-0.2, -0.15) is 0 Å². The van der Waals surface area contributed by atoms with Gasteiger partial charge in [-0.25, -0.2) is 0 Å². The maximum absolute atomic E-state index is 11.7. The quantitative estimate of drug-likeness (QED) is 0.603. The topological polar surface area (TPSA) is 58.5 Å². The van der Waals surface area contributed by atoms with Crippen molar-refractivity contribution in [2.45, 2.75) is 32.7 Å². The lowest BCUT2D eigenvalue weighted by atomic mass is 9.73. The Kier molecular flexibility index (Phi) is 1.94. The molecule has 1 aliphatic carbocycles. The van der Waals surface area contributed by atoms with Crippen molar-refractivity contribution in [3.63, 3.8) is 0 Å². The molecule has 1 saturated carbocycles. The highest BCUT2D eigenvalue weighted by atomic mass is 16.2. The minimum absolute atomic E-state index is 0.00547. The van der Waals surface area contributed by atoms with Crippen molar-refractivity contribution in [3.8, 4) is 0 Å². The minimum Gasteiger partial charge on any atom is -0.340 e. The number of aliphatic imine (C=N–C) groups is 1. The van der Waals surface area contributed by atoms with Crippen molar-refractivity contribution in [2.75, 3.05) is 6.54 Å². The van der Waals surface area contributed by atoms with Crippen LogP contribution in [-0.4, -0.2) is 30.0 Å². The van der Waals surface area contributed by atoms with Gasteiger partial charge in [-0.1, -0.05) is 13.8 Å². The summed E-state index contributed by atoms with van der Waals surface area (Å²) in [5, 5.41) is 2.69. The lowest BCUT2D eigenvalue weighted by Gasteiger charge is -2.36. The highest BCUT2D eigenvalue weighted by Crippen LogP contribution is 2.32. The molecule has 0 aromatic rings. The molecule has 1 unspecified atom stereocenters. The Balaban J connectivity index is 2.28. The summed E-state index contributed by atoms with van der Waals surface area (Å²) in [5.41, 5.74) is 0.847. The number of carbonyl (C=O) groups is 2. The molecule has 0 radical (unpaired) electrons. The van der Waals surface area contributed by atoms with E-state index in [2.05, 4.69) is 24.2 Å². The van der Waals surface area contributed by atoms with Gasteiger partial charge in [-0.15, -0.1) is 0 Å². The monoisotopic (exact) mass is 194 g/mol. The standard InChI is InChI=1S/C10H14N2O2/c1-10(2)3-6-9(7(13)4-10)12-8(14)5-11-6/h9H,3-5H2,1-2H3,(H,12,14).